The van der Waals surface area contributed by atoms with Crippen molar-refractivity contribution >= 4 is 30.2 Å². The average molecular weight is 411 g/mol. The zero-order valence-electron chi connectivity index (χ0n) is 16.6. The second-order valence-electron chi connectivity index (χ2n) is 6.74. The van der Waals surface area contributed by atoms with Crippen LogP contribution in [0.3, 0.4) is 0 Å². The van der Waals surface area contributed by atoms with Gasteiger partial charge < -0.3 is 15.0 Å². The Labute approximate surface area is 170 Å². The van der Waals surface area contributed by atoms with Crippen LogP contribution in [-0.4, -0.2) is 51.3 Å². The minimum Gasteiger partial charge on any atom is -0.462 e. The molecule has 9 nitrogen and oxygen atoms in total. The number of aryl methyl sites for hydroxylation is 2. The molecule has 2 aromatic rings. The first-order valence-electron chi connectivity index (χ1n) is 9.21. The van der Waals surface area contributed by atoms with E-state index in [9.17, 15) is 9.59 Å². The number of hydrogen-bond donors (Lipinski definition) is 3. The number of aromatic nitrogens is 4. The van der Waals surface area contributed by atoms with E-state index in [2.05, 4.69) is 25.7 Å². The van der Waals surface area contributed by atoms with Crippen LogP contribution < -0.4 is 10.6 Å². The molecule has 0 aliphatic carbocycles. The number of H-pyrrole nitrogens is 1. The van der Waals surface area contributed by atoms with E-state index in [1.54, 1.807) is 32.5 Å². The number of halogens is 1. The van der Waals surface area contributed by atoms with Crippen LogP contribution in [0.15, 0.2) is 0 Å². The van der Waals surface area contributed by atoms with Gasteiger partial charge in [0.15, 0.2) is 5.82 Å². The van der Waals surface area contributed by atoms with Crippen LogP contribution >= 0.6 is 12.4 Å². The molecular formula is C18H27ClN6O3. The van der Waals surface area contributed by atoms with Crippen LogP contribution in [0.2, 0.25) is 0 Å². The van der Waals surface area contributed by atoms with Gasteiger partial charge in [0, 0.05) is 18.7 Å². The molecule has 0 bridgehead atoms. The Morgan fingerprint density at radius 3 is 2.61 bits per heavy atom. The Morgan fingerprint density at radius 1 is 1.29 bits per heavy atom. The number of amides is 1. The molecule has 0 saturated carbocycles. The quantitative estimate of drug-likeness (QED) is 0.650. The van der Waals surface area contributed by atoms with Gasteiger partial charge in [-0.2, -0.15) is 10.1 Å². The van der Waals surface area contributed by atoms with Gasteiger partial charge in [-0.15, -0.1) is 12.4 Å². The molecule has 28 heavy (non-hydrogen) atoms. The first-order chi connectivity index (χ1) is 12.9. The fourth-order valence-corrected chi connectivity index (χ4v) is 3.42. The average Bonchev–Trinajstić information content (AvgIpc) is 3.15. The lowest BCUT2D eigenvalue weighted by atomic mass is 9.98. The molecule has 0 radical (unpaired) electrons. The van der Waals surface area contributed by atoms with Crippen LogP contribution in [0, 0.1) is 13.8 Å². The second-order valence-corrected chi connectivity index (χ2v) is 6.74. The largest absolute Gasteiger partial charge is 0.462 e. The van der Waals surface area contributed by atoms with Gasteiger partial charge in [0.05, 0.1) is 12.2 Å². The number of hydrogen-bond acceptors (Lipinski definition) is 6. The lowest BCUT2D eigenvalue weighted by molar-refractivity contribution is 0.0525. The summed E-state index contributed by atoms with van der Waals surface area (Å²) < 4.78 is 6.64. The Kier molecular flexibility index (Phi) is 7.20. The van der Waals surface area contributed by atoms with Crippen LogP contribution in [0.4, 0.5) is 5.95 Å². The Bertz CT molecular complexity index is 854. The number of nitrogens with one attached hydrogen (secondary N) is 3. The van der Waals surface area contributed by atoms with Gasteiger partial charge in [-0.05, 0) is 52.3 Å². The highest BCUT2D eigenvalue weighted by molar-refractivity contribution is 6.06. The van der Waals surface area contributed by atoms with Crippen molar-refractivity contribution in [1.82, 2.24) is 25.1 Å². The number of anilines is 1. The topological polar surface area (TPSA) is 114 Å². The summed E-state index contributed by atoms with van der Waals surface area (Å²) in [5, 5.41) is 10.6. The molecule has 0 atom stereocenters. The molecular weight excluding hydrogens is 384 g/mol. The predicted octanol–water partition coefficient (Wildman–Crippen LogP) is 2.08. The van der Waals surface area contributed by atoms with E-state index < -0.39 is 5.97 Å². The Hall–Kier alpha value is -2.39. The highest BCUT2D eigenvalue weighted by Gasteiger charge is 2.25. The van der Waals surface area contributed by atoms with E-state index in [0.717, 1.165) is 31.8 Å². The molecule has 1 saturated heterocycles. The fraction of sp³-hybridized carbons (Fsp3) is 0.556. The van der Waals surface area contributed by atoms with Crippen molar-refractivity contribution in [2.75, 3.05) is 25.0 Å². The van der Waals surface area contributed by atoms with Crippen molar-refractivity contribution in [3.63, 3.8) is 0 Å². The predicted molar refractivity (Wildman–Crippen MR) is 107 cm³/mol. The SMILES string of the molecule is CCOC(=O)c1c(C)[nH]c(C(=O)Nc2nc(C3CCNCC3)nn2C)c1C.Cl. The number of rotatable bonds is 5. The molecule has 154 valence electrons. The maximum absolute atomic E-state index is 12.7. The van der Waals surface area contributed by atoms with Crippen molar-refractivity contribution in [3.05, 3.63) is 28.3 Å². The number of ether oxygens (including phenoxy) is 1. The molecule has 3 rings (SSSR count). The Morgan fingerprint density at radius 2 is 1.96 bits per heavy atom. The van der Waals surface area contributed by atoms with Gasteiger partial charge >= 0.3 is 5.97 Å². The summed E-state index contributed by atoms with van der Waals surface area (Å²) in [5.74, 6) is 0.639. The van der Waals surface area contributed by atoms with E-state index in [1.807, 2.05) is 0 Å². The van der Waals surface area contributed by atoms with Crippen molar-refractivity contribution in [1.29, 1.82) is 0 Å². The number of piperidine rings is 1. The molecule has 2 aromatic heterocycles. The standard InChI is InChI=1S/C18H26N6O3.ClH/c1-5-27-17(26)13-10(2)14(20-11(13)3)16(25)22-18-21-15(23-24(18)4)12-6-8-19-9-7-12;/h12,19-20H,5-9H2,1-4H3,(H,21,22,23,25);1H. The summed E-state index contributed by atoms with van der Waals surface area (Å²) >= 11 is 0. The van der Waals surface area contributed by atoms with Crippen molar-refractivity contribution < 1.29 is 14.3 Å². The molecule has 10 heteroatoms. The Balaban J connectivity index is 0.00000280. The van der Waals surface area contributed by atoms with E-state index in [0.29, 0.717) is 34.4 Å². The molecule has 1 aliphatic heterocycles. The maximum Gasteiger partial charge on any atom is 0.340 e. The molecule has 0 aromatic carbocycles. The minimum absolute atomic E-state index is 0. The molecule has 3 heterocycles. The summed E-state index contributed by atoms with van der Waals surface area (Å²) in [6.07, 6.45) is 1.96. The smallest absolute Gasteiger partial charge is 0.340 e. The number of nitrogens with zero attached hydrogens (tertiary/aromatic N) is 3. The molecule has 1 fully saturated rings. The van der Waals surface area contributed by atoms with Crippen LogP contribution in [0.1, 0.15) is 63.6 Å². The third-order valence-electron chi connectivity index (χ3n) is 4.85. The second kappa shape index (κ2) is 9.20. The van der Waals surface area contributed by atoms with Gasteiger partial charge in [-0.3, -0.25) is 10.1 Å². The zero-order chi connectivity index (χ0) is 19.6. The summed E-state index contributed by atoms with van der Waals surface area (Å²) in [7, 11) is 1.75. The van der Waals surface area contributed by atoms with E-state index >= 15 is 0 Å². The third-order valence-corrected chi connectivity index (χ3v) is 4.85. The first kappa shape index (κ1) is 21.9. The van der Waals surface area contributed by atoms with E-state index in [4.69, 9.17) is 4.74 Å². The van der Waals surface area contributed by atoms with Gasteiger partial charge in [0.25, 0.3) is 5.91 Å². The van der Waals surface area contributed by atoms with Crippen LogP contribution in [0.5, 0.6) is 0 Å². The molecule has 3 N–H and O–H groups in total. The lowest BCUT2D eigenvalue weighted by Crippen LogP contribution is -2.27. The number of esters is 1. The monoisotopic (exact) mass is 410 g/mol. The molecule has 0 unspecified atom stereocenters. The van der Waals surface area contributed by atoms with Crippen molar-refractivity contribution in [3.8, 4) is 0 Å². The summed E-state index contributed by atoms with van der Waals surface area (Å²) in [6.45, 7) is 7.39. The lowest BCUT2D eigenvalue weighted by Gasteiger charge is -2.19. The minimum atomic E-state index is -0.436. The highest BCUT2D eigenvalue weighted by Crippen LogP contribution is 2.24. The van der Waals surface area contributed by atoms with Gasteiger partial charge in [-0.1, -0.05) is 0 Å². The first-order valence-corrected chi connectivity index (χ1v) is 9.21. The molecule has 1 aliphatic rings. The van der Waals surface area contributed by atoms with Crippen molar-refractivity contribution in [2.24, 2.45) is 7.05 Å². The normalized spacial score (nSPS) is 14.4. The fourth-order valence-electron chi connectivity index (χ4n) is 3.42. The van der Waals surface area contributed by atoms with Crippen LogP contribution in [0.25, 0.3) is 0 Å². The summed E-state index contributed by atoms with van der Waals surface area (Å²) in [5.41, 5.74) is 1.88. The van der Waals surface area contributed by atoms with Crippen molar-refractivity contribution in [2.45, 2.75) is 39.5 Å². The van der Waals surface area contributed by atoms with Gasteiger partial charge in [0.1, 0.15) is 5.69 Å². The van der Waals surface area contributed by atoms with E-state index in [-0.39, 0.29) is 24.9 Å². The summed E-state index contributed by atoms with van der Waals surface area (Å²) in [6, 6.07) is 0. The highest BCUT2D eigenvalue weighted by atomic mass is 35.5. The number of carbonyl (C=O) groups excluding carboxylic acids is 2. The van der Waals surface area contributed by atoms with E-state index in [1.165, 1.54) is 0 Å². The molecule has 1 amide bonds. The third kappa shape index (κ3) is 4.36. The maximum atomic E-state index is 12.7. The molecule has 0 spiro atoms. The number of aromatic amines is 1. The van der Waals surface area contributed by atoms with Gasteiger partial charge in [-0.25, -0.2) is 9.48 Å². The van der Waals surface area contributed by atoms with Gasteiger partial charge in [0.2, 0.25) is 5.95 Å². The summed E-state index contributed by atoms with van der Waals surface area (Å²) in [4.78, 5) is 32.3. The zero-order valence-corrected chi connectivity index (χ0v) is 17.4. The van der Waals surface area contributed by atoms with Crippen LogP contribution in [-0.2, 0) is 11.8 Å². The number of carbonyl (C=O) groups is 2.